The summed E-state index contributed by atoms with van der Waals surface area (Å²) in [4.78, 5) is 14.4. The van der Waals surface area contributed by atoms with Crippen LogP contribution in [0, 0.1) is 11.7 Å². The Morgan fingerprint density at radius 3 is 2.65 bits per heavy atom. The Kier molecular flexibility index (Phi) is 4.41. The minimum atomic E-state index is -0.255. The number of anilines is 1. The van der Waals surface area contributed by atoms with E-state index in [4.69, 9.17) is 0 Å². The van der Waals surface area contributed by atoms with E-state index in [1.54, 1.807) is 12.1 Å². The highest BCUT2D eigenvalue weighted by atomic mass is 19.1. The average Bonchev–Trinajstić information content (AvgIpc) is 3.12. The lowest BCUT2D eigenvalue weighted by molar-refractivity contribution is -0.132. The second-order valence-corrected chi connectivity index (χ2v) is 7.08. The van der Waals surface area contributed by atoms with Crippen molar-refractivity contribution in [2.75, 3.05) is 18.5 Å². The molecule has 3 atom stereocenters. The van der Waals surface area contributed by atoms with Gasteiger partial charge in [0.25, 0.3) is 0 Å². The van der Waals surface area contributed by atoms with Gasteiger partial charge in [0.2, 0.25) is 5.91 Å². The van der Waals surface area contributed by atoms with Crippen LogP contribution in [0.15, 0.2) is 42.5 Å². The normalized spacial score (nSPS) is 24.0. The molecule has 136 valence electrons. The van der Waals surface area contributed by atoms with Gasteiger partial charge in [-0.3, -0.25) is 4.79 Å². The quantitative estimate of drug-likeness (QED) is 0.886. The van der Waals surface area contributed by atoms with Crippen LogP contribution in [0.4, 0.5) is 10.1 Å². The van der Waals surface area contributed by atoms with E-state index >= 15 is 0 Å². The number of hydrogen-bond donors (Lipinski definition) is 2. The summed E-state index contributed by atoms with van der Waals surface area (Å²) < 4.78 is 13.2. The Balaban J connectivity index is 1.78. The van der Waals surface area contributed by atoms with E-state index < -0.39 is 0 Å². The zero-order valence-corrected chi connectivity index (χ0v) is 14.8. The van der Waals surface area contributed by atoms with Gasteiger partial charge in [-0.05, 0) is 47.4 Å². The number of carbonyl (C=O) groups excluding carboxylic acids is 1. The third kappa shape index (κ3) is 2.76. The summed E-state index contributed by atoms with van der Waals surface area (Å²) in [7, 11) is 0. The summed E-state index contributed by atoms with van der Waals surface area (Å²) >= 11 is 0. The molecule has 26 heavy (non-hydrogen) atoms. The average molecular weight is 354 g/mol. The lowest BCUT2D eigenvalue weighted by atomic mass is 9.82. The van der Waals surface area contributed by atoms with E-state index in [9.17, 15) is 14.3 Å². The molecule has 2 aromatic carbocycles. The third-order valence-electron chi connectivity index (χ3n) is 5.67. The summed E-state index contributed by atoms with van der Waals surface area (Å²) in [5, 5.41) is 13.2. The molecule has 0 saturated carbocycles. The molecule has 2 aromatic rings. The first-order valence-corrected chi connectivity index (χ1v) is 9.19. The Morgan fingerprint density at radius 2 is 1.96 bits per heavy atom. The SMILES string of the molecule is CCC(=O)N1CC[C@@H]2[C@@H](CO)Nc3ccc(-c4ccc(F)cc4)cc3[C@@H]21. The zero-order chi connectivity index (χ0) is 18.3. The molecule has 0 spiro atoms. The van der Waals surface area contributed by atoms with Gasteiger partial charge in [0.15, 0.2) is 0 Å². The van der Waals surface area contributed by atoms with Crippen LogP contribution >= 0.6 is 0 Å². The van der Waals surface area contributed by atoms with Crippen molar-refractivity contribution in [2.24, 2.45) is 5.92 Å². The predicted octanol–water partition coefficient (Wildman–Crippen LogP) is 3.58. The number of hydrogen-bond acceptors (Lipinski definition) is 3. The second kappa shape index (κ2) is 6.72. The fourth-order valence-corrected chi connectivity index (χ4v) is 4.37. The van der Waals surface area contributed by atoms with Crippen LogP contribution in [0.3, 0.4) is 0 Å². The molecule has 1 saturated heterocycles. The van der Waals surface area contributed by atoms with Crippen LogP contribution in [0.1, 0.15) is 31.4 Å². The molecular formula is C21H23FN2O2. The number of aliphatic hydroxyl groups is 1. The lowest BCUT2D eigenvalue weighted by Gasteiger charge is -2.39. The number of benzene rings is 2. The predicted molar refractivity (Wildman–Crippen MR) is 99.2 cm³/mol. The summed E-state index contributed by atoms with van der Waals surface area (Å²) in [6, 6.07) is 12.5. The van der Waals surface area contributed by atoms with Crippen LogP contribution in [0.25, 0.3) is 11.1 Å². The molecule has 4 rings (SSSR count). The van der Waals surface area contributed by atoms with Crippen molar-refractivity contribution >= 4 is 11.6 Å². The van der Waals surface area contributed by atoms with Crippen LogP contribution < -0.4 is 5.32 Å². The number of rotatable bonds is 3. The van der Waals surface area contributed by atoms with Crippen molar-refractivity contribution in [3.63, 3.8) is 0 Å². The van der Waals surface area contributed by atoms with Gasteiger partial charge in [0.05, 0.1) is 18.7 Å². The van der Waals surface area contributed by atoms with E-state index in [1.165, 1.54) is 12.1 Å². The first-order chi connectivity index (χ1) is 12.6. The van der Waals surface area contributed by atoms with Gasteiger partial charge in [-0.1, -0.05) is 25.1 Å². The maximum atomic E-state index is 13.2. The van der Waals surface area contributed by atoms with E-state index in [0.717, 1.165) is 35.3 Å². The second-order valence-electron chi connectivity index (χ2n) is 7.08. The molecule has 2 N–H and O–H groups in total. The molecule has 5 heteroatoms. The van der Waals surface area contributed by atoms with E-state index in [0.29, 0.717) is 6.42 Å². The first kappa shape index (κ1) is 17.0. The Bertz CT molecular complexity index is 821. The molecule has 1 amide bonds. The number of likely N-dealkylation sites (tertiary alicyclic amines) is 1. The lowest BCUT2D eigenvalue weighted by Crippen LogP contribution is -2.42. The van der Waals surface area contributed by atoms with Crippen LogP contribution in [0.2, 0.25) is 0 Å². The van der Waals surface area contributed by atoms with Gasteiger partial charge in [0.1, 0.15) is 5.82 Å². The van der Waals surface area contributed by atoms with Crippen molar-refractivity contribution in [3.8, 4) is 11.1 Å². The van der Waals surface area contributed by atoms with Gasteiger partial charge in [0, 0.05) is 24.6 Å². The number of nitrogens with zero attached hydrogens (tertiary/aromatic N) is 1. The molecule has 2 aliphatic heterocycles. The molecule has 1 fully saturated rings. The number of nitrogens with one attached hydrogen (secondary N) is 1. The minimum Gasteiger partial charge on any atom is -0.394 e. The topological polar surface area (TPSA) is 52.6 Å². The summed E-state index contributed by atoms with van der Waals surface area (Å²) in [6.07, 6.45) is 1.36. The van der Waals surface area contributed by atoms with Crippen LogP contribution in [-0.4, -0.2) is 35.1 Å². The van der Waals surface area contributed by atoms with Gasteiger partial charge >= 0.3 is 0 Å². The van der Waals surface area contributed by atoms with Gasteiger partial charge in [-0.25, -0.2) is 4.39 Å². The summed E-state index contributed by atoms with van der Waals surface area (Å²) in [5.41, 5.74) is 4.00. The standard InChI is InChI=1S/C21H23FN2O2/c1-2-20(26)24-10-9-16-19(12-25)23-18-8-5-14(11-17(18)21(16)24)13-3-6-15(22)7-4-13/h3-8,11,16,19,21,23,25H,2,9-10,12H2,1H3/t16-,19-,21-/m1/s1. The third-order valence-corrected chi connectivity index (χ3v) is 5.67. The molecule has 0 unspecified atom stereocenters. The Labute approximate surface area is 152 Å². The smallest absolute Gasteiger partial charge is 0.222 e. The number of amides is 1. The number of carbonyl (C=O) groups is 1. The zero-order valence-electron chi connectivity index (χ0n) is 14.8. The molecular weight excluding hydrogens is 331 g/mol. The molecule has 0 radical (unpaired) electrons. The van der Waals surface area contributed by atoms with Gasteiger partial charge < -0.3 is 15.3 Å². The molecule has 0 aliphatic carbocycles. The van der Waals surface area contributed by atoms with Crippen molar-refractivity contribution in [3.05, 3.63) is 53.8 Å². The highest BCUT2D eigenvalue weighted by Gasteiger charge is 2.45. The molecule has 0 bridgehead atoms. The van der Waals surface area contributed by atoms with Crippen LogP contribution in [0.5, 0.6) is 0 Å². The monoisotopic (exact) mass is 354 g/mol. The number of aliphatic hydroxyl groups excluding tert-OH is 1. The van der Waals surface area contributed by atoms with E-state index in [-0.39, 0.29) is 36.3 Å². The van der Waals surface area contributed by atoms with Crippen LogP contribution in [-0.2, 0) is 4.79 Å². The minimum absolute atomic E-state index is 0.0174. The summed E-state index contributed by atoms with van der Waals surface area (Å²) in [5.74, 6) is 0.0930. The largest absolute Gasteiger partial charge is 0.394 e. The highest BCUT2D eigenvalue weighted by molar-refractivity contribution is 5.78. The first-order valence-electron chi connectivity index (χ1n) is 9.19. The van der Waals surface area contributed by atoms with Crippen molar-refractivity contribution in [1.29, 1.82) is 0 Å². The molecule has 2 aliphatic rings. The number of fused-ring (bicyclic) bond motifs is 3. The van der Waals surface area contributed by atoms with Crippen molar-refractivity contribution in [1.82, 2.24) is 4.90 Å². The molecule has 2 heterocycles. The maximum Gasteiger partial charge on any atom is 0.222 e. The fraction of sp³-hybridized carbons (Fsp3) is 0.381. The highest BCUT2D eigenvalue weighted by Crippen LogP contribution is 2.47. The van der Waals surface area contributed by atoms with E-state index in [2.05, 4.69) is 11.4 Å². The molecule has 0 aromatic heterocycles. The fourth-order valence-electron chi connectivity index (χ4n) is 4.37. The van der Waals surface area contributed by atoms with Gasteiger partial charge in [-0.15, -0.1) is 0 Å². The molecule has 4 nitrogen and oxygen atoms in total. The Hall–Kier alpha value is -2.40. The van der Waals surface area contributed by atoms with Gasteiger partial charge in [-0.2, -0.15) is 0 Å². The summed E-state index contributed by atoms with van der Waals surface area (Å²) in [6.45, 7) is 2.66. The number of halogens is 1. The van der Waals surface area contributed by atoms with Crippen molar-refractivity contribution < 1.29 is 14.3 Å². The van der Waals surface area contributed by atoms with E-state index in [1.807, 2.05) is 24.0 Å². The Morgan fingerprint density at radius 1 is 1.23 bits per heavy atom. The van der Waals surface area contributed by atoms with Crippen molar-refractivity contribution in [2.45, 2.75) is 31.8 Å². The maximum absolute atomic E-state index is 13.2.